The fraction of sp³-hybridized carbons (Fsp3) is 0.263. The lowest BCUT2D eigenvalue weighted by molar-refractivity contribution is 0.686. The number of pyridine rings is 1. The van der Waals surface area contributed by atoms with Crippen molar-refractivity contribution in [2.45, 2.75) is 32.1 Å². The van der Waals surface area contributed by atoms with Crippen molar-refractivity contribution < 1.29 is 0 Å². The minimum absolute atomic E-state index is 0.373. The van der Waals surface area contributed by atoms with Crippen LogP contribution in [0.3, 0.4) is 0 Å². The lowest BCUT2D eigenvalue weighted by atomic mass is 9.89. The van der Waals surface area contributed by atoms with Gasteiger partial charge in [-0.1, -0.05) is 18.2 Å². The number of aryl methyl sites for hydroxylation is 2. The number of rotatable bonds is 2. The molecule has 0 fully saturated rings. The standard InChI is InChI=1S/C19H17N3/c20-11-10-17-19(21-18-7-3-4-12-22(17)18)16-9-8-14-5-1-2-6-15(14)13-16/h3-4,7-9,12-13H,1-2,5-6,10H2. The Morgan fingerprint density at radius 1 is 1.09 bits per heavy atom. The molecule has 0 bridgehead atoms. The van der Waals surface area contributed by atoms with Crippen molar-refractivity contribution in [1.82, 2.24) is 9.38 Å². The minimum atomic E-state index is 0.373. The third-order valence-corrected chi connectivity index (χ3v) is 4.50. The van der Waals surface area contributed by atoms with Gasteiger partial charge in [-0.15, -0.1) is 0 Å². The lowest BCUT2D eigenvalue weighted by Gasteiger charge is -2.16. The van der Waals surface area contributed by atoms with Crippen LogP contribution in [-0.2, 0) is 19.3 Å². The van der Waals surface area contributed by atoms with Crippen molar-refractivity contribution in [2.24, 2.45) is 0 Å². The molecule has 2 heterocycles. The summed E-state index contributed by atoms with van der Waals surface area (Å²) in [5.74, 6) is 0. The van der Waals surface area contributed by atoms with E-state index in [1.54, 1.807) is 0 Å². The van der Waals surface area contributed by atoms with Crippen molar-refractivity contribution in [3.8, 4) is 17.3 Å². The van der Waals surface area contributed by atoms with Gasteiger partial charge in [0.25, 0.3) is 0 Å². The summed E-state index contributed by atoms with van der Waals surface area (Å²) in [6.07, 6.45) is 7.26. The molecular formula is C19H17N3. The first kappa shape index (κ1) is 13.1. The number of nitriles is 1. The molecule has 0 N–H and O–H groups in total. The number of fused-ring (bicyclic) bond motifs is 2. The van der Waals surface area contributed by atoms with E-state index in [9.17, 15) is 0 Å². The third-order valence-electron chi connectivity index (χ3n) is 4.50. The summed E-state index contributed by atoms with van der Waals surface area (Å²) < 4.78 is 2.03. The summed E-state index contributed by atoms with van der Waals surface area (Å²) in [7, 11) is 0. The minimum Gasteiger partial charge on any atom is -0.302 e. The highest BCUT2D eigenvalue weighted by atomic mass is 15.0. The Kier molecular flexibility index (Phi) is 3.16. The zero-order valence-electron chi connectivity index (χ0n) is 12.4. The van der Waals surface area contributed by atoms with Crippen molar-refractivity contribution in [3.05, 3.63) is 59.4 Å². The van der Waals surface area contributed by atoms with Gasteiger partial charge in [0.1, 0.15) is 5.65 Å². The lowest BCUT2D eigenvalue weighted by Crippen LogP contribution is -2.02. The molecular weight excluding hydrogens is 270 g/mol. The van der Waals surface area contributed by atoms with E-state index in [-0.39, 0.29) is 0 Å². The van der Waals surface area contributed by atoms with E-state index in [1.807, 2.05) is 28.8 Å². The van der Waals surface area contributed by atoms with Crippen molar-refractivity contribution >= 4 is 5.65 Å². The average Bonchev–Trinajstić information content (AvgIpc) is 2.94. The van der Waals surface area contributed by atoms with Gasteiger partial charge in [0, 0.05) is 11.8 Å². The molecule has 108 valence electrons. The van der Waals surface area contributed by atoms with Gasteiger partial charge in [-0.3, -0.25) is 0 Å². The highest BCUT2D eigenvalue weighted by Gasteiger charge is 2.16. The summed E-state index contributed by atoms with van der Waals surface area (Å²) in [4.78, 5) is 4.76. The Hall–Kier alpha value is -2.60. The highest BCUT2D eigenvalue weighted by Crippen LogP contribution is 2.29. The molecule has 22 heavy (non-hydrogen) atoms. The molecule has 1 aliphatic carbocycles. The zero-order chi connectivity index (χ0) is 14.9. The summed E-state index contributed by atoms with van der Waals surface area (Å²) in [6.45, 7) is 0. The predicted molar refractivity (Wildman–Crippen MR) is 86.6 cm³/mol. The maximum Gasteiger partial charge on any atom is 0.137 e. The first-order chi connectivity index (χ1) is 10.9. The van der Waals surface area contributed by atoms with Crippen LogP contribution < -0.4 is 0 Å². The van der Waals surface area contributed by atoms with Crippen LogP contribution in [0.4, 0.5) is 0 Å². The van der Waals surface area contributed by atoms with E-state index in [2.05, 4.69) is 24.3 Å². The number of nitrogens with zero attached hydrogens (tertiary/aromatic N) is 3. The second-order valence-corrected chi connectivity index (χ2v) is 5.86. The molecule has 0 unspecified atom stereocenters. The van der Waals surface area contributed by atoms with Crippen LogP contribution in [-0.4, -0.2) is 9.38 Å². The topological polar surface area (TPSA) is 41.1 Å². The van der Waals surface area contributed by atoms with E-state index >= 15 is 0 Å². The predicted octanol–water partition coefficient (Wildman–Crippen LogP) is 3.95. The first-order valence-electron chi connectivity index (χ1n) is 7.82. The molecule has 0 radical (unpaired) electrons. The molecule has 1 aliphatic rings. The van der Waals surface area contributed by atoms with Crippen LogP contribution in [0.2, 0.25) is 0 Å². The van der Waals surface area contributed by atoms with E-state index in [0.29, 0.717) is 6.42 Å². The second-order valence-electron chi connectivity index (χ2n) is 5.86. The SMILES string of the molecule is N#CCc1c(-c2ccc3c(c2)CCCC3)nc2ccccn12. The van der Waals surface area contributed by atoms with E-state index in [4.69, 9.17) is 10.2 Å². The van der Waals surface area contributed by atoms with Crippen molar-refractivity contribution in [1.29, 1.82) is 5.26 Å². The van der Waals surface area contributed by atoms with Gasteiger partial charge in [-0.2, -0.15) is 5.26 Å². The molecule has 0 aliphatic heterocycles. The molecule has 0 saturated heterocycles. The summed E-state index contributed by atoms with van der Waals surface area (Å²) >= 11 is 0. The quantitative estimate of drug-likeness (QED) is 0.716. The maximum atomic E-state index is 9.17. The van der Waals surface area contributed by atoms with Gasteiger partial charge < -0.3 is 4.40 Å². The van der Waals surface area contributed by atoms with Gasteiger partial charge >= 0.3 is 0 Å². The van der Waals surface area contributed by atoms with Gasteiger partial charge in [-0.05, 0) is 55.0 Å². The van der Waals surface area contributed by atoms with Crippen molar-refractivity contribution in [3.63, 3.8) is 0 Å². The van der Waals surface area contributed by atoms with E-state index in [1.165, 1.54) is 30.4 Å². The smallest absolute Gasteiger partial charge is 0.137 e. The summed E-state index contributed by atoms with van der Waals surface area (Å²) in [5.41, 5.74) is 6.88. The fourth-order valence-electron chi connectivity index (χ4n) is 3.40. The summed E-state index contributed by atoms with van der Waals surface area (Å²) in [5, 5.41) is 9.17. The zero-order valence-corrected chi connectivity index (χ0v) is 12.4. The van der Waals surface area contributed by atoms with Crippen LogP contribution in [0.1, 0.15) is 29.7 Å². The third kappa shape index (κ3) is 2.08. The Bertz CT molecular complexity index is 883. The van der Waals surface area contributed by atoms with Crippen LogP contribution in [0, 0.1) is 11.3 Å². The Balaban J connectivity index is 1.90. The molecule has 3 heteroatoms. The van der Waals surface area contributed by atoms with Crippen LogP contribution in [0.15, 0.2) is 42.6 Å². The molecule has 0 saturated carbocycles. The largest absolute Gasteiger partial charge is 0.302 e. The van der Waals surface area contributed by atoms with Crippen molar-refractivity contribution in [2.75, 3.05) is 0 Å². The van der Waals surface area contributed by atoms with Gasteiger partial charge in [0.15, 0.2) is 0 Å². The van der Waals surface area contributed by atoms with Crippen LogP contribution >= 0.6 is 0 Å². The summed E-state index contributed by atoms with van der Waals surface area (Å²) in [6, 6.07) is 14.9. The number of imidazole rings is 1. The van der Waals surface area contributed by atoms with E-state index < -0.39 is 0 Å². The number of aromatic nitrogens is 2. The van der Waals surface area contributed by atoms with Gasteiger partial charge in [-0.25, -0.2) is 4.98 Å². The maximum absolute atomic E-state index is 9.17. The van der Waals surface area contributed by atoms with Gasteiger partial charge in [0.2, 0.25) is 0 Å². The molecule has 0 spiro atoms. The Morgan fingerprint density at radius 2 is 1.95 bits per heavy atom. The average molecular weight is 287 g/mol. The van der Waals surface area contributed by atoms with Crippen LogP contribution in [0.25, 0.3) is 16.9 Å². The number of hydrogen-bond acceptors (Lipinski definition) is 2. The highest BCUT2D eigenvalue weighted by molar-refractivity contribution is 5.68. The number of benzene rings is 1. The van der Waals surface area contributed by atoms with Crippen LogP contribution in [0.5, 0.6) is 0 Å². The molecule has 3 nitrogen and oxygen atoms in total. The monoisotopic (exact) mass is 287 g/mol. The van der Waals surface area contributed by atoms with E-state index in [0.717, 1.165) is 29.0 Å². The van der Waals surface area contributed by atoms with Gasteiger partial charge in [0.05, 0.1) is 23.9 Å². The molecule has 2 aromatic heterocycles. The molecule has 1 aromatic carbocycles. The number of hydrogen-bond donors (Lipinski definition) is 0. The normalized spacial score (nSPS) is 13.8. The first-order valence-corrected chi connectivity index (χ1v) is 7.82. The Labute approximate surface area is 129 Å². The molecule has 4 rings (SSSR count). The molecule has 0 amide bonds. The molecule has 3 aromatic rings. The fourth-order valence-corrected chi connectivity index (χ4v) is 3.40. The Morgan fingerprint density at radius 3 is 2.82 bits per heavy atom. The molecule has 0 atom stereocenters. The second kappa shape index (κ2) is 5.31.